The van der Waals surface area contributed by atoms with Crippen LogP contribution < -0.4 is 0 Å². The van der Waals surface area contributed by atoms with Gasteiger partial charge in [0.05, 0.1) is 11.4 Å². The van der Waals surface area contributed by atoms with Crippen molar-refractivity contribution in [1.82, 2.24) is 13.8 Å². The number of carbonyl (C=O) groups is 1. The van der Waals surface area contributed by atoms with E-state index in [0.29, 0.717) is 26.2 Å². The zero-order valence-electron chi connectivity index (χ0n) is 16.5. The number of hydrogen-bond donors (Lipinski definition) is 0. The van der Waals surface area contributed by atoms with Crippen molar-refractivity contribution >= 4 is 15.8 Å². The van der Waals surface area contributed by atoms with Gasteiger partial charge in [-0.3, -0.25) is 9.69 Å². The van der Waals surface area contributed by atoms with Gasteiger partial charge in [0.15, 0.2) is 5.78 Å². The number of aryl methyl sites for hydroxylation is 1. The molecule has 0 bridgehead atoms. The number of rotatable bonds is 6. The smallest absolute Gasteiger partial charge is 0.243 e. The largest absolute Gasteiger partial charge is 0.349 e. The van der Waals surface area contributed by atoms with Crippen LogP contribution in [0.15, 0.2) is 35.2 Å². The number of aromatic nitrogens is 1. The SMILES string of the molecule is CCn1c(C)cc(C(=O)CN2CCN(S(=O)(=O)c3ccc(F)cc3)CC2)c1C. The minimum Gasteiger partial charge on any atom is -0.349 e. The average molecular weight is 408 g/mol. The van der Waals surface area contributed by atoms with Gasteiger partial charge >= 0.3 is 0 Å². The highest BCUT2D eigenvalue weighted by Crippen LogP contribution is 2.19. The quantitative estimate of drug-likeness (QED) is 0.690. The zero-order valence-corrected chi connectivity index (χ0v) is 17.3. The van der Waals surface area contributed by atoms with Crippen LogP contribution in [0, 0.1) is 19.7 Å². The van der Waals surface area contributed by atoms with Crippen LogP contribution in [0.1, 0.15) is 28.7 Å². The van der Waals surface area contributed by atoms with E-state index in [2.05, 4.69) is 11.5 Å². The van der Waals surface area contributed by atoms with E-state index in [1.54, 1.807) is 0 Å². The summed E-state index contributed by atoms with van der Waals surface area (Å²) in [6.45, 7) is 8.68. The van der Waals surface area contributed by atoms with Gasteiger partial charge in [0.25, 0.3) is 0 Å². The number of carbonyl (C=O) groups excluding carboxylic acids is 1. The number of sulfonamides is 1. The molecule has 0 atom stereocenters. The molecule has 1 aromatic carbocycles. The molecule has 2 aromatic rings. The van der Waals surface area contributed by atoms with Crippen molar-refractivity contribution in [3.8, 4) is 0 Å². The van der Waals surface area contributed by atoms with E-state index in [-0.39, 0.29) is 17.2 Å². The monoisotopic (exact) mass is 407 g/mol. The molecule has 0 aliphatic carbocycles. The second-order valence-corrected chi connectivity index (χ2v) is 9.02. The van der Waals surface area contributed by atoms with Crippen molar-refractivity contribution in [2.24, 2.45) is 0 Å². The third-order valence-corrected chi connectivity index (χ3v) is 7.25. The molecule has 1 aromatic heterocycles. The van der Waals surface area contributed by atoms with E-state index in [0.717, 1.165) is 35.6 Å². The standard InChI is InChI=1S/C20H26FN3O3S/c1-4-24-15(2)13-19(16(24)3)20(25)14-22-9-11-23(12-10-22)28(26,27)18-7-5-17(21)6-8-18/h5-8,13H,4,9-12,14H2,1-3H3. The van der Waals surface area contributed by atoms with E-state index in [1.165, 1.54) is 16.4 Å². The first-order chi connectivity index (χ1) is 13.2. The fourth-order valence-corrected chi connectivity index (χ4v) is 5.16. The lowest BCUT2D eigenvalue weighted by atomic mass is 10.1. The van der Waals surface area contributed by atoms with E-state index in [4.69, 9.17) is 0 Å². The summed E-state index contributed by atoms with van der Waals surface area (Å²) in [5, 5.41) is 0. The van der Waals surface area contributed by atoms with Crippen LogP contribution in [0.3, 0.4) is 0 Å². The van der Waals surface area contributed by atoms with Gasteiger partial charge in [0, 0.05) is 49.7 Å². The molecule has 28 heavy (non-hydrogen) atoms. The molecule has 1 aliphatic heterocycles. The Morgan fingerprint density at radius 2 is 1.68 bits per heavy atom. The number of halogens is 1. The van der Waals surface area contributed by atoms with E-state index in [1.807, 2.05) is 24.8 Å². The molecule has 3 rings (SSSR count). The molecule has 0 amide bonds. The van der Waals surface area contributed by atoms with Gasteiger partial charge in [-0.05, 0) is 51.1 Å². The molecule has 1 aliphatic rings. The highest BCUT2D eigenvalue weighted by Gasteiger charge is 2.29. The first-order valence-corrected chi connectivity index (χ1v) is 10.9. The Labute approximate surface area is 165 Å². The number of nitrogens with zero attached hydrogens (tertiary/aromatic N) is 3. The predicted octanol–water partition coefficient (Wildman–Crippen LogP) is 2.45. The zero-order chi connectivity index (χ0) is 20.5. The van der Waals surface area contributed by atoms with Crippen molar-refractivity contribution in [1.29, 1.82) is 0 Å². The van der Waals surface area contributed by atoms with Crippen molar-refractivity contribution in [2.45, 2.75) is 32.2 Å². The van der Waals surface area contributed by atoms with Gasteiger partial charge in [-0.1, -0.05) is 0 Å². The van der Waals surface area contributed by atoms with Crippen molar-refractivity contribution in [3.63, 3.8) is 0 Å². The predicted molar refractivity (Wildman–Crippen MR) is 106 cm³/mol. The van der Waals surface area contributed by atoms with E-state index < -0.39 is 15.8 Å². The van der Waals surface area contributed by atoms with Crippen LogP contribution >= 0.6 is 0 Å². The van der Waals surface area contributed by atoms with Crippen LogP contribution in [0.5, 0.6) is 0 Å². The molecule has 152 valence electrons. The lowest BCUT2D eigenvalue weighted by molar-refractivity contribution is 0.0901. The Morgan fingerprint density at radius 1 is 1.07 bits per heavy atom. The Kier molecular flexibility index (Phi) is 6.02. The fraction of sp³-hybridized carbons (Fsp3) is 0.450. The summed E-state index contributed by atoms with van der Waals surface area (Å²) in [6.07, 6.45) is 0. The average Bonchev–Trinajstić information content (AvgIpc) is 2.96. The van der Waals surface area contributed by atoms with Gasteiger partial charge in [-0.15, -0.1) is 0 Å². The molecule has 6 nitrogen and oxygen atoms in total. The number of hydrogen-bond acceptors (Lipinski definition) is 4. The fourth-order valence-electron chi connectivity index (χ4n) is 3.74. The van der Waals surface area contributed by atoms with Crippen molar-refractivity contribution in [3.05, 3.63) is 53.1 Å². The number of ketones is 1. The first-order valence-electron chi connectivity index (χ1n) is 9.42. The summed E-state index contributed by atoms with van der Waals surface area (Å²) in [4.78, 5) is 14.8. The molecule has 2 heterocycles. The summed E-state index contributed by atoms with van der Waals surface area (Å²) in [6, 6.07) is 6.79. The molecule has 0 saturated carbocycles. The molecule has 0 spiro atoms. The second-order valence-electron chi connectivity index (χ2n) is 7.09. The van der Waals surface area contributed by atoms with Crippen LogP contribution in [0.25, 0.3) is 0 Å². The van der Waals surface area contributed by atoms with Crippen LogP contribution in [0.2, 0.25) is 0 Å². The van der Waals surface area contributed by atoms with E-state index in [9.17, 15) is 17.6 Å². The normalized spacial score (nSPS) is 16.4. The minimum absolute atomic E-state index is 0.0580. The van der Waals surface area contributed by atoms with Gasteiger partial charge in [0.2, 0.25) is 10.0 Å². The highest BCUT2D eigenvalue weighted by atomic mass is 32.2. The summed E-state index contributed by atoms with van der Waals surface area (Å²) in [5.74, 6) is -0.410. The maximum atomic E-state index is 13.1. The molecular weight excluding hydrogens is 381 g/mol. The Balaban J connectivity index is 1.62. The maximum absolute atomic E-state index is 13.1. The first kappa shape index (κ1) is 20.7. The molecule has 0 radical (unpaired) electrons. The third-order valence-electron chi connectivity index (χ3n) is 5.34. The third kappa shape index (κ3) is 4.04. The lowest BCUT2D eigenvalue weighted by Gasteiger charge is -2.33. The van der Waals surface area contributed by atoms with E-state index >= 15 is 0 Å². The number of Topliss-reactive ketones (excluding diaryl/α,β-unsaturated/α-hetero) is 1. The Bertz CT molecular complexity index is 959. The molecular formula is C20H26FN3O3S. The Hall–Kier alpha value is -2.03. The molecule has 0 unspecified atom stereocenters. The van der Waals surface area contributed by atoms with Crippen LogP contribution in [-0.4, -0.2) is 60.7 Å². The molecule has 8 heteroatoms. The summed E-state index contributed by atoms with van der Waals surface area (Å²) in [5.41, 5.74) is 2.78. The van der Waals surface area contributed by atoms with Gasteiger partial charge in [-0.2, -0.15) is 4.31 Å². The topological polar surface area (TPSA) is 62.6 Å². The molecule has 0 N–H and O–H groups in total. The van der Waals surface area contributed by atoms with Crippen LogP contribution in [-0.2, 0) is 16.6 Å². The van der Waals surface area contributed by atoms with Gasteiger partial charge in [-0.25, -0.2) is 12.8 Å². The summed E-state index contributed by atoms with van der Waals surface area (Å²) >= 11 is 0. The van der Waals surface area contributed by atoms with Gasteiger partial charge < -0.3 is 4.57 Å². The minimum atomic E-state index is -3.64. The van der Waals surface area contributed by atoms with Crippen molar-refractivity contribution < 1.29 is 17.6 Å². The lowest BCUT2D eigenvalue weighted by Crippen LogP contribution is -2.49. The van der Waals surface area contributed by atoms with Gasteiger partial charge in [0.1, 0.15) is 5.82 Å². The number of benzene rings is 1. The Morgan fingerprint density at radius 3 is 2.21 bits per heavy atom. The second kappa shape index (κ2) is 8.14. The summed E-state index contributed by atoms with van der Waals surface area (Å²) in [7, 11) is -3.64. The highest BCUT2D eigenvalue weighted by molar-refractivity contribution is 7.89. The molecule has 1 saturated heterocycles. The van der Waals surface area contributed by atoms with Crippen LogP contribution in [0.4, 0.5) is 4.39 Å². The van der Waals surface area contributed by atoms with Crippen molar-refractivity contribution in [2.75, 3.05) is 32.7 Å². The number of piperazine rings is 1. The molecule has 1 fully saturated rings. The summed E-state index contributed by atoms with van der Waals surface area (Å²) < 4.78 is 41.9. The maximum Gasteiger partial charge on any atom is 0.243 e.